The van der Waals surface area contributed by atoms with Crippen molar-refractivity contribution in [3.63, 3.8) is 0 Å². The molecule has 1 aromatic rings. The van der Waals surface area contributed by atoms with Crippen LogP contribution in [0.25, 0.3) is 0 Å². The molecule has 0 aliphatic heterocycles. The number of nitrogens with one attached hydrogen (secondary N) is 1. The highest BCUT2D eigenvalue weighted by Crippen LogP contribution is 2.29. The first-order valence-electron chi connectivity index (χ1n) is 6.84. The molecular formula is C14H21NO3S. The lowest BCUT2D eigenvalue weighted by molar-refractivity contribution is -0.118. The minimum Gasteiger partial charge on any atom is -0.472 e. The van der Waals surface area contributed by atoms with E-state index in [1.54, 1.807) is 17.8 Å². The van der Waals surface area contributed by atoms with Gasteiger partial charge in [-0.15, -0.1) is 11.8 Å². The van der Waals surface area contributed by atoms with Crippen LogP contribution < -0.4 is 5.32 Å². The van der Waals surface area contributed by atoms with Crippen LogP contribution in [-0.4, -0.2) is 28.6 Å². The maximum absolute atomic E-state index is 11.6. The molecule has 0 radical (unpaired) electrons. The van der Waals surface area contributed by atoms with Crippen LogP contribution in [0.2, 0.25) is 0 Å². The molecule has 5 heteroatoms. The van der Waals surface area contributed by atoms with Crippen molar-refractivity contribution >= 4 is 17.7 Å². The first kappa shape index (κ1) is 14.5. The molecule has 1 saturated carbocycles. The summed E-state index contributed by atoms with van der Waals surface area (Å²) in [4.78, 5) is 11.6. The molecule has 106 valence electrons. The van der Waals surface area contributed by atoms with E-state index in [0.717, 1.165) is 5.56 Å². The Balaban J connectivity index is 1.56. The van der Waals surface area contributed by atoms with Crippen molar-refractivity contribution < 1.29 is 14.3 Å². The lowest BCUT2D eigenvalue weighted by Gasteiger charge is -2.11. The number of carbonyl (C=O) groups is 1. The zero-order valence-corrected chi connectivity index (χ0v) is 11.8. The van der Waals surface area contributed by atoms with Crippen LogP contribution in [0.4, 0.5) is 0 Å². The Morgan fingerprint density at radius 1 is 1.53 bits per heavy atom. The molecule has 2 rings (SSSR count). The predicted octanol–water partition coefficient (Wildman–Crippen LogP) is 2.50. The van der Waals surface area contributed by atoms with Gasteiger partial charge in [0.1, 0.15) is 0 Å². The summed E-state index contributed by atoms with van der Waals surface area (Å²) >= 11 is 1.76. The highest BCUT2D eigenvalue weighted by atomic mass is 32.2. The smallest absolute Gasteiger partial charge is 0.230 e. The van der Waals surface area contributed by atoms with Gasteiger partial charge in [0.2, 0.25) is 5.91 Å². The molecule has 19 heavy (non-hydrogen) atoms. The molecule has 0 spiro atoms. The van der Waals surface area contributed by atoms with Crippen molar-refractivity contribution in [1.82, 2.24) is 5.32 Å². The summed E-state index contributed by atoms with van der Waals surface area (Å²) in [6, 6.07) is 1.74. The van der Waals surface area contributed by atoms with Crippen molar-refractivity contribution in [2.45, 2.75) is 43.5 Å². The molecule has 0 unspecified atom stereocenters. The van der Waals surface area contributed by atoms with Crippen LogP contribution in [-0.2, 0) is 4.79 Å². The van der Waals surface area contributed by atoms with Crippen molar-refractivity contribution in [1.29, 1.82) is 0 Å². The van der Waals surface area contributed by atoms with E-state index in [1.165, 1.54) is 38.2 Å². The molecule has 1 atom stereocenters. The zero-order chi connectivity index (χ0) is 13.5. The average molecular weight is 283 g/mol. The average Bonchev–Trinajstić information content (AvgIpc) is 3.09. The molecule has 1 aliphatic rings. The summed E-state index contributed by atoms with van der Waals surface area (Å²) in [5.41, 5.74) is 0.759. The summed E-state index contributed by atoms with van der Waals surface area (Å²) in [6.07, 6.45) is 8.11. The van der Waals surface area contributed by atoms with Crippen molar-refractivity contribution in [3.05, 3.63) is 24.2 Å². The van der Waals surface area contributed by atoms with Crippen LogP contribution in [0.15, 0.2) is 23.0 Å². The lowest BCUT2D eigenvalue weighted by atomic mass is 10.1. The Morgan fingerprint density at radius 3 is 3.00 bits per heavy atom. The predicted molar refractivity (Wildman–Crippen MR) is 76.0 cm³/mol. The summed E-state index contributed by atoms with van der Waals surface area (Å²) in [5.74, 6) is 0.600. The fraction of sp³-hybridized carbons (Fsp3) is 0.643. The largest absolute Gasteiger partial charge is 0.472 e. The Morgan fingerprint density at radius 2 is 2.32 bits per heavy atom. The number of thioether (sulfide) groups is 1. The SMILES string of the molecule is O=C(CSC1CCCC1)NCC[C@@H](O)c1ccoc1. The van der Waals surface area contributed by atoms with E-state index in [4.69, 9.17) is 4.42 Å². The van der Waals surface area contributed by atoms with E-state index >= 15 is 0 Å². The van der Waals surface area contributed by atoms with Crippen molar-refractivity contribution in [3.8, 4) is 0 Å². The van der Waals surface area contributed by atoms with Crippen LogP contribution in [0.1, 0.15) is 43.8 Å². The third kappa shape index (κ3) is 4.91. The molecular weight excluding hydrogens is 262 g/mol. The van der Waals surface area contributed by atoms with E-state index < -0.39 is 6.10 Å². The van der Waals surface area contributed by atoms with Gasteiger partial charge in [-0.1, -0.05) is 12.8 Å². The number of furan rings is 1. The van der Waals surface area contributed by atoms with Gasteiger partial charge in [0.15, 0.2) is 0 Å². The minimum absolute atomic E-state index is 0.0660. The standard InChI is InChI=1S/C14H21NO3S/c16-13(11-6-8-18-9-11)5-7-15-14(17)10-19-12-3-1-2-4-12/h6,8-9,12-13,16H,1-5,7,10H2,(H,15,17)/t13-/m1/s1. The number of aliphatic hydroxyl groups is 1. The summed E-state index contributed by atoms with van der Waals surface area (Å²) in [7, 11) is 0. The van der Waals surface area contributed by atoms with Gasteiger partial charge in [-0.3, -0.25) is 4.79 Å². The van der Waals surface area contributed by atoms with Crippen LogP contribution in [0.3, 0.4) is 0 Å². The number of hydrogen-bond donors (Lipinski definition) is 2. The number of hydrogen-bond acceptors (Lipinski definition) is 4. The fourth-order valence-electron chi connectivity index (χ4n) is 2.28. The summed E-state index contributed by atoms with van der Waals surface area (Å²) in [5, 5.41) is 13.3. The zero-order valence-electron chi connectivity index (χ0n) is 11.0. The second kappa shape index (κ2) is 7.60. The molecule has 2 N–H and O–H groups in total. The maximum Gasteiger partial charge on any atom is 0.230 e. The van der Waals surface area contributed by atoms with Crippen LogP contribution >= 0.6 is 11.8 Å². The van der Waals surface area contributed by atoms with E-state index in [-0.39, 0.29) is 5.91 Å². The van der Waals surface area contributed by atoms with Gasteiger partial charge in [-0.2, -0.15) is 0 Å². The fourth-order valence-corrected chi connectivity index (χ4v) is 3.43. The highest BCUT2D eigenvalue weighted by molar-refractivity contribution is 8.00. The van der Waals surface area contributed by atoms with E-state index in [2.05, 4.69) is 5.32 Å². The summed E-state index contributed by atoms with van der Waals surface area (Å²) in [6.45, 7) is 0.496. The van der Waals surface area contributed by atoms with E-state index in [9.17, 15) is 9.90 Å². The van der Waals surface area contributed by atoms with Gasteiger partial charge in [0, 0.05) is 17.4 Å². The normalized spacial score (nSPS) is 17.5. The van der Waals surface area contributed by atoms with Gasteiger partial charge >= 0.3 is 0 Å². The quantitative estimate of drug-likeness (QED) is 0.807. The van der Waals surface area contributed by atoms with Crippen molar-refractivity contribution in [2.75, 3.05) is 12.3 Å². The molecule has 1 aromatic heterocycles. The Labute approximate surface area is 117 Å². The lowest BCUT2D eigenvalue weighted by Crippen LogP contribution is -2.27. The van der Waals surface area contributed by atoms with Gasteiger partial charge in [-0.05, 0) is 25.3 Å². The Bertz CT molecular complexity index is 374. The first-order valence-corrected chi connectivity index (χ1v) is 7.89. The monoisotopic (exact) mass is 283 g/mol. The van der Waals surface area contributed by atoms with Gasteiger partial charge in [0.05, 0.1) is 24.4 Å². The molecule has 0 saturated heterocycles. The minimum atomic E-state index is -0.568. The molecule has 1 heterocycles. The Hall–Kier alpha value is -0.940. The summed E-state index contributed by atoms with van der Waals surface area (Å²) < 4.78 is 4.91. The molecule has 1 fully saturated rings. The first-order chi connectivity index (χ1) is 9.25. The van der Waals surface area contributed by atoms with Crippen molar-refractivity contribution in [2.24, 2.45) is 0 Å². The highest BCUT2D eigenvalue weighted by Gasteiger charge is 2.16. The van der Waals surface area contributed by atoms with Crippen LogP contribution in [0, 0.1) is 0 Å². The molecule has 0 bridgehead atoms. The topological polar surface area (TPSA) is 62.5 Å². The van der Waals surface area contributed by atoms with Gasteiger partial charge < -0.3 is 14.8 Å². The third-order valence-corrected chi connectivity index (χ3v) is 4.79. The second-order valence-corrected chi connectivity index (χ2v) is 6.22. The number of amides is 1. The third-order valence-electron chi connectivity index (χ3n) is 3.42. The maximum atomic E-state index is 11.6. The van der Waals surface area contributed by atoms with Gasteiger partial charge in [-0.25, -0.2) is 0 Å². The van der Waals surface area contributed by atoms with E-state index in [0.29, 0.717) is 24.0 Å². The number of carbonyl (C=O) groups excluding carboxylic acids is 1. The second-order valence-electron chi connectivity index (χ2n) is 4.93. The number of rotatable bonds is 7. The molecule has 4 nitrogen and oxygen atoms in total. The number of aliphatic hydroxyl groups excluding tert-OH is 1. The Kier molecular flexibility index (Phi) is 5.79. The molecule has 1 amide bonds. The van der Waals surface area contributed by atoms with E-state index in [1.807, 2.05) is 0 Å². The van der Waals surface area contributed by atoms with Gasteiger partial charge in [0.25, 0.3) is 0 Å². The molecule has 0 aromatic carbocycles. The van der Waals surface area contributed by atoms with Crippen LogP contribution in [0.5, 0.6) is 0 Å². The molecule has 1 aliphatic carbocycles.